The maximum atomic E-state index is 12.6. The molecule has 0 bridgehead atoms. The minimum Gasteiger partial charge on any atom is -0.422 e. The highest BCUT2D eigenvalue weighted by Gasteiger charge is 2.19. The molecule has 1 N–H and O–H groups in total. The average molecular weight is 561 g/mol. The number of rotatable bonds is 5. The van der Waals surface area contributed by atoms with Gasteiger partial charge in [0, 0.05) is 13.7 Å². The maximum Gasteiger partial charge on any atom is 0.355 e. The third kappa shape index (κ3) is 4.95. The molecule has 0 fully saturated rings. The van der Waals surface area contributed by atoms with Gasteiger partial charge in [-0.3, -0.25) is 4.79 Å². The van der Waals surface area contributed by atoms with E-state index in [-0.39, 0.29) is 5.91 Å². The molecule has 0 unspecified atom stereocenters. The van der Waals surface area contributed by atoms with E-state index in [0.717, 1.165) is 13.7 Å². The molecule has 1 heterocycles. The van der Waals surface area contributed by atoms with Crippen LogP contribution in [0.5, 0.6) is 5.75 Å². The SMILES string of the molecule is O=C(NN=Cc1cccc(OC(=O)c2sc3ccccc3c2Cl)c1)c1ccccc1I. The predicted molar refractivity (Wildman–Crippen MR) is 132 cm³/mol. The summed E-state index contributed by atoms with van der Waals surface area (Å²) >= 11 is 9.74. The van der Waals surface area contributed by atoms with Gasteiger partial charge in [0.15, 0.2) is 0 Å². The fourth-order valence-corrected chi connectivity index (χ4v) is 4.85. The van der Waals surface area contributed by atoms with Crippen LogP contribution >= 0.6 is 45.5 Å². The summed E-state index contributed by atoms with van der Waals surface area (Å²) in [4.78, 5) is 25.2. The molecule has 0 spiro atoms. The number of carbonyl (C=O) groups excluding carboxylic acids is 2. The van der Waals surface area contributed by atoms with Gasteiger partial charge in [-0.2, -0.15) is 5.10 Å². The van der Waals surface area contributed by atoms with Crippen molar-refractivity contribution in [3.8, 4) is 5.75 Å². The van der Waals surface area contributed by atoms with Gasteiger partial charge in [0.05, 0.1) is 16.8 Å². The van der Waals surface area contributed by atoms with Crippen molar-refractivity contribution in [2.45, 2.75) is 0 Å². The number of amides is 1. The van der Waals surface area contributed by atoms with Crippen molar-refractivity contribution >= 4 is 73.7 Å². The number of hydrogen-bond donors (Lipinski definition) is 1. The number of nitrogens with zero attached hydrogens (tertiary/aromatic N) is 1. The van der Waals surface area contributed by atoms with E-state index < -0.39 is 5.97 Å². The first-order valence-corrected chi connectivity index (χ1v) is 11.4. The molecule has 0 aliphatic carbocycles. The molecule has 0 radical (unpaired) electrons. The Kier molecular flexibility index (Phi) is 6.64. The topological polar surface area (TPSA) is 67.8 Å². The Morgan fingerprint density at radius 1 is 1.03 bits per heavy atom. The molecule has 0 aliphatic rings. The Bertz CT molecular complexity index is 1320. The van der Waals surface area contributed by atoms with Crippen molar-refractivity contribution in [3.05, 3.63) is 97.4 Å². The molecule has 154 valence electrons. The van der Waals surface area contributed by atoms with Gasteiger partial charge in [0.25, 0.3) is 5.91 Å². The summed E-state index contributed by atoms with van der Waals surface area (Å²) in [6, 6.07) is 21.6. The smallest absolute Gasteiger partial charge is 0.355 e. The first kappa shape index (κ1) is 21.5. The first-order valence-electron chi connectivity index (χ1n) is 9.10. The zero-order valence-corrected chi connectivity index (χ0v) is 19.6. The van der Waals surface area contributed by atoms with Gasteiger partial charge in [0.2, 0.25) is 0 Å². The van der Waals surface area contributed by atoms with E-state index in [0.29, 0.717) is 26.8 Å². The van der Waals surface area contributed by atoms with Crippen LogP contribution in [0.2, 0.25) is 5.02 Å². The number of benzene rings is 3. The summed E-state index contributed by atoms with van der Waals surface area (Å²) in [5, 5.41) is 5.21. The van der Waals surface area contributed by atoms with E-state index in [9.17, 15) is 9.59 Å². The molecular formula is C23H14ClIN2O3S. The van der Waals surface area contributed by atoms with Gasteiger partial charge >= 0.3 is 5.97 Å². The Hall–Kier alpha value is -2.75. The number of halogens is 2. The highest BCUT2D eigenvalue weighted by atomic mass is 127. The predicted octanol–water partition coefficient (Wildman–Crippen LogP) is 6.14. The number of thiophene rings is 1. The number of carbonyl (C=O) groups is 2. The Morgan fingerprint density at radius 3 is 2.61 bits per heavy atom. The lowest BCUT2D eigenvalue weighted by Gasteiger charge is -2.04. The van der Waals surface area contributed by atoms with E-state index in [1.165, 1.54) is 17.6 Å². The van der Waals surface area contributed by atoms with Crippen LogP contribution in [0, 0.1) is 3.57 Å². The number of esters is 1. The van der Waals surface area contributed by atoms with Crippen molar-refractivity contribution in [3.63, 3.8) is 0 Å². The fourth-order valence-electron chi connectivity index (χ4n) is 2.83. The molecule has 3 aromatic carbocycles. The van der Waals surface area contributed by atoms with Crippen molar-refractivity contribution in [2.24, 2.45) is 5.10 Å². The van der Waals surface area contributed by atoms with E-state index in [2.05, 4.69) is 33.1 Å². The van der Waals surface area contributed by atoms with Gasteiger partial charge in [-0.15, -0.1) is 11.3 Å². The second-order valence-electron chi connectivity index (χ2n) is 6.38. The highest BCUT2D eigenvalue weighted by Crippen LogP contribution is 2.35. The molecule has 0 aliphatic heterocycles. The Balaban J connectivity index is 1.45. The van der Waals surface area contributed by atoms with E-state index in [1.54, 1.807) is 36.4 Å². The molecular weight excluding hydrogens is 547 g/mol. The summed E-state index contributed by atoms with van der Waals surface area (Å²) in [5.74, 6) is -0.470. The van der Waals surface area contributed by atoms with E-state index >= 15 is 0 Å². The number of ether oxygens (including phenoxy) is 1. The van der Waals surface area contributed by atoms with Gasteiger partial charge in [-0.25, -0.2) is 10.2 Å². The molecule has 4 aromatic rings. The third-order valence-electron chi connectivity index (χ3n) is 4.29. The summed E-state index contributed by atoms with van der Waals surface area (Å²) in [5.41, 5.74) is 3.71. The zero-order valence-electron chi connectivity index (χ0n) is 15.8. The van der Waals surface area contributed by atoms with Crippen molar-refractivity contribution in [2.75, 3.05) is 0 Å². The van der Waals surface area contributed by atoms with Crippen LogP contribution in [-0.4, -0.2) is 18.1 Å². The van der Waals surface area contributed by atoms with Crippen LogP contribution in [0.1, 0.15) is 25.6 Å². The second-order valence-corrected chi connectivity index (χ2v) is 8.97. The van der Waals surface area contributed by atoms with Gasteiger partial charge < -0.3 is 4.74 Å². The lowest BCUT2D eigenvalue weighted by Crippen LogP contribution is -2.18. The summed E-state index contributed by atoms with van der Waals surface area (Å²) in [6.45, 7) is 0. The quantitative estimate of drug-likeness (QED) is 0.105. The molecule has 1 amide bonds. The van der Waals surface area contributed by atoms with Crippen LogP contribution in [-0.2, 0) is 0 Å². The summed E-state index contributed by atoms with van der Waals surface area (Å²) < 4.78 is 7.26. The fraction of sp³-hybridized carbons (Fsp3) is 0. The van der Waals surface area contributed by atoms with Crippen LogP contribution in [0.15, 0.2) is 77.9 Å². The Labute approximate surface area is 200 Å². The largest absolute Gasteiger partial charge is 0.422 e. The maximum absolute atomic E-state index is 12.6. The molecule has 0 saturated heterocycles. The molecule has 4 rings (SSSR count). The molecule has 0 saturated carbocycles. The first-order chi connectivity index (χ1) is 15.0. The highest BCUT2D eigenvalue weighted by molar-refractivity contribution is 14.1. The van der Waals surface area contributed by atoms with Crippen LogP contribution in [0.3, 0.4) is 0 Å². The van der Waals surface area contributed by atoms with Crippen LogP contribution < -0.4 is 10.2 Å². The number of hydrogen-bond acceptors (Lipinski definition) is 5. The number of nitrogens with one attached hydrogen (secondary N) is 1. The van der Waals surface area contributed by atoms with Gasteiger partial charge in [-0.1, -0.05) is 54.1 Å². The van der Waals surface area contributed by atoms with Crippen LogP contribution in [0.4, 0.5) is 0 Å². The normalized spacial score (nSPS) is 11.0. The van der Waals surface area contributed by atoms with Crippen molar-refractivity contribution in [1.29, 1.82) is 0 Å². The molecule has 1 aromatic heterocycles. The molecule has 8 heteroatoms. The van der Waals surface area contributed by atoms with Crippen molar-refractivity contribution in [1.82, 2.24) is 5.43 Å². The minimum absolute atomic E-state index is 0.303. The van der Waals surface area contributed by atoms with Crippen LogP contribution in [0.25, 0.3) is 10.1 Å². The number of hydrazone groups is 1. The lowest BCUT2D eigenvalue weighted by molar-refractivity contribution is 0.0740. The van der Waals surface area contributed by atoms with Gasteiger partial charge in [0.1, 0.15) is 10.6 Å². The van der Waals surface area contributed by atoms with Gasteiger partial charge in [-0.05, 0) is 58.5 Å². The van der Waals surface area contributed by atoms with E-state index in [1.807, 2.05) is 36.4 Å². The summed E-state index contributed by atoms with van der Waals surface area (Å²) in [6.07, 6.45) is 1.48. The second kappa shape index (κ2) is 9.59. The third-order valence-corrected chi connectivity index (χ3v) is 6.88. The molecule has 5 nitrogen and oxygen atoms in total. The standard InChI is InChI=1S/C23H14ClIN2O3S/c24-20-17-9-2-4-11-19(17)31-21(20)23(29)30-15-7-5-6-14(12-15)13-26-27-22(28)16-8-1-3-10-18(16)25/h1-13H,(H,27,28). The molecule has 31 heavy (non-hydrogen) atoms. The molecule has 0 atom stereocenters. The average Bonchev–Trinajstić information content (AvgIpc) is 3.11. The summed E-state index contributed by atoms with van der Waals surface area (Å²) in [7, 11) is 0. The monoisotopic (exact) mass is 560 g/mol. The van der Waals surface area contributed by atoms with E-state index in [4.69, 9.17) is 16.3 Å². The lowest BCUT2D eigenvalue weighted by atomic mass is 10.2. The Morgan fingerprint density at radius 2 is 1.81 bits per heavy atom. The zero-order chi connectivity index (χ0) is 21.8. The van der Waals surface area contributed by atoms with Crippen molar-refractivity contribution < 1.29 is 14.3 Å². The minimum atomic E-state index is -0.521. The number of fused-ring (bicyclic) bond motifs is 1.